The third-order valence-corrected chi connectivity index (χ3v) is 4.34. The van der Waals surface area contributed by atoms with Crippen molar-refractivity contribution in [2.45, 2.75) is 38.5 Å². The van der Waals surface area contributed by atoms with Crippen molar-refractivity contribution in [1.82, 2.24) is 4.90 Å². The zero-order valence-corrected chi connectivity index (χ0v) is 14.9. The van der Waals surface area contributed by atoms with Crippen molar-refractivity contribution in [3.63, 3.8) is 0 Å². The predicted octanol–water partition coefficient (Wildman–Crippen LogP) is 1.98. The highest BCUT2D eigenvalue weighted by molar-refractivity contribution is 5.81. The third-order valence-electron chi connectivity index (χ3n) is 4.34. The smallest absolute Gasteiger partial charge is 0.207 e. The van der Waals surface area contributed by atoms with Crippen LogP contribution >= 0.6 is 0 Å². The number of ether oxygens (including phenoxy) is 2. The Kier molecular flexibility index (Phi) is 5.63. The van der Waals surface area contributed by atoms with Crippen molar-refractivity contribution < 1.29 is 14.6 Å². The summed E-state index contributed by atoms with van der Waals surface area (Å²) in [6, 6.07) is 6.71. The van der Waals surface area contributed by atoms with E-state index in [4.69, 9.17) is 14.7 Å². The van der Waals surface area contributed by atoms with Gasteiger partial charge in [0.15, 0.2) is 0 Å². The zero-order chi connectivity index (χ0) is 18.6. The second-order valence-corrected chi connectivity index (χ2v) is 6.40. The van der Waals surface area contributed by atoms with E-state index in [2.05, 4.69) is 11.1 Å². The van der Waals surface area contributed by atoms with Gasteiger partial charge in [0.05, 0.1) is 24.3 Å². The number of amidine groups is 1. The van der Waals surface area contributed by atoms with E-state index < -0.39 is 17.7 Å². The van der Waals surface area contributed by atoms with Crippen LogP contribution in [-0.4, -0.2) is 47.8 Å². The molecule has 0 amide bonds. The molecule has 0 fully saturated rings. The molecule has 0 saturated carbocycles. The van der Waals surface area contributed by atoms with Gasteiger partial charge in [0.25, 0.3) is 0 Å². The number of rotatable bonds is 4. The van der Waals surface area contributed by atoms with Crippen LogP contribution in [0.2, 0.25) is 0 Å². The van der Waals surface area contributed by atoms with E-state index in [9.17, 15) is 10.4 Å². The molecule has 2 rings (SSSR count). The largest absolute Gasteiger partial charge is 0.485 e. The van der Waals surface area contributed by atoms with Crippen molar-refractivity contribution in [3.8, 4) is 18.0 Å². The highest BCUT2D eigenvalue weighted by Gasteiger charge is 2.45. The second kappa shape index (κ2) is 7.52. The lowest BCUT2D eigenvalue weighted by Crippen LogP contribution is -2.55. The average Bonchev–Trinajstić information content (AvgIpc) is 2.57. The molecule has 7 nitrogen and oxygen atoms in total. The molecule has 0 aromatic heterocycles. The minimum absolute atomic E-state index is 0.399. The van der Waals surface area contributed by atoms with Crippen molar-refractivity contribution in [2.24, 2.45) is 4.99 Å². The predicted molar refractivity (Wildman–Crippen MR) is 91.9 cm³/mol. The molecule has 1 aliphatic heterocycles. The van der Waals surface area contributed by atoms with Gasteiger partial charge in [0, 0.05) is 19.2 Å². The molecule has 2 unspecified atom stereocenters. The Morgan fingerprint density at radius 2 is 2.16 bits per heavy atom. The van der Waals surface area contributed by atoms with E-state index >= 15 is 0 Å². The molecule has 1 aliphatic rings. The molecule has 0 saturated heterocycles. The number of hydrogen-bond donors (Lipinski definition) is 1. The van der Waals surface area contributed by atoms with E-state index in [-0.39, 0.29) is 0 Å². The van der Waals surface area contributed by atoms with Crippen molar-refractivity contribution >= 4 is 5.84 Å². The third kappa shape index (κ3) is 3.74. The number of hydrogen-bond acceptors (Lipinski definition) is 6. The van der Waals surface area contributed by atoms with Crippen LogP contribution in [0.15, 0.2) is 23.2 Å². The minimum Gasteiger partial charge on any atom is -0.485 e. The molecule has 132 valence electrons. The monoisotopic (exact) mass is 342 g/mol. The van der Waals surface area contributed by atoms with Crippen LogP contribution in [0.5, 0.6) is 5.75 Å². The van der Waals surface area contributed by atoms with Crippen molar-refractivity contribution in [3.05, 3.63) is 29.3 Å². The van der Waals surface area contributed by atoms with Crippen LogP contribution in [0.1, 0.15) is 37.9 Å². The normalized spacial score (nSPS) is 21.5. The Morgan fingerprint density at radius 1 is 1.44 bits per heavy atom. The fraction of sp³-hybridized carbons (Fsp3) is 0.500. The molecule has 1 aromatic rings. The van der Waals surface area contributed by atoms with Crippen LogP contribution in [0.25, 0.3) is 0 Å². The van der Waals surface area contributed by atoms with Crippen LogP contribution in [0, 0.1) is 22.8 Å². The molecule has 1 heterocycles. The maximum absolute atomic E-state index is 11.0. The van der Waals surface area contributed by atoms with Gasteiger partial charge in [-0.3, -0.25) is 0 Å². The summed E-state index contributed by atoms with van der Waals surface area (Å²) in [5.41, 5.74) is 0.319. The van der Waals surface area contributed by atoms with Gasteiger partial charge in [-0.2, -0.15) is 15.5 Å². The summed E-state index contributed by atoms with van der Waals surface area (Å²) in [5.74, 6) is 1.07. The first kappa shape index (κ1) is 18.7. The Hall–Kier alpha value is -2.61. The van der Waals surface area contributed by atoms with E-state index in [0.717, 1.165) is 0 Å². The zero-order valence-electron chi connectivity index (χ0n) is 14.9. The van der Waals surface area contributed by atoms with Gasteiger partial charge in [0.1, 0.15) is 23.3 Å². The first-order chi connectivity index (χ1) is 11.9. The molecule has 7 heteroatoms. The first-order valence-corrected chi connectivity index (χ1v) is 7.95. The number of benzene rings is 1. The molecule has 1 aromatic carbocycles. The number of nitriles is 2. The molecule has 1 N–H and O–H groups in total. The highest BCUT2D eigenvalue weighted by Crippen LogP contribution is 2.43. The molecule has 0 bridgehead atoms. The quantitative estimate of drug-likeness (QED) is 0.510. The molecule has 0 radical (unpaired) electrons. The number of methoxy groups -OCH3 is 1. The van der Waals surface area contributed by atoms with Gasteiger partial charge in [-0.15, -0.1) is 0 Å². The highest BCUT2D eigenvalue weighted by atomic mass is 16.5. The van der Waals surface area contributed by atoms with Crippen molar-refractivity contribution in [1.29, 1.82) is 10.5 Å². The van der Waals surface area contributed by atoms with Crippen LogP contribution in [0.4, 0.5) is 0 Å². The van der Waals surface area contributed by atoms with Gasteiger partial charge in [-0.25, -0.2) is 0 Å². The molecule has 0 aliphatic carbocycles. The molecule has 25 heavy (non-hydrogen) atoms. The number of aliphatic hydroxyl groups excluding tert-OH is 1. The van der Waals surface area contributed by atoms with Gasteiger partial charge in [0.2, 0.25) is 6.19 Å². The van der Waals surface area contributed by atoms with E-state index in [1.165, 1.54) is 0 Å². The average molecular weight is 342 g/mol. The Balaban J connectivity index is 2.60. The number of nitrogens with zero attached hydrogens (tertiary/aromatic N) is 4. The van der Waals surface area contributed by atoms with Gasteiger partial charge < -0.3 is 19.5 Å². The maximum Gasteiger partial charge on any atom is 0.207 e. The maximum atomic E-state index is 11.0. The standard InChI is InChI=1S/C18H22N4O3/c1-12(21-11-20)22(7-8-24-4)16-14-9-13(10-19)5-6-15(14)25-18(2,3)17(16)23/h5-6,9,16-17,23H,7-8H2,1-4H3. The van der Waals surface area contributed by atoms with E-state index in [1.807, 2.05) is 4.90 Å². The summed E-state index contributed by atoms with van der Waals surface area (Å²) in [6.07, 6.45) is 0.892. The molecular formula is C18H22N4O3. The van der Waals surface area contributed by atoms with Crippen LogP contribution in [-0.2, 0) is 4.74 Å². The summed E-state index contributed by atoms with van der Waals surface area (Å²) in [7, 11) is 1.58. The minimum atomic E-state index is -0.894. The molecule has 2 atom stereocenters. The fourth-order valence-electron chi connectivity index (χ4n) is 3.00. The molecular weight excluding hydrogens is 320 g/mol. The summed E-state index contributed by atoms with van der Waals surface area (Å²) in [5, 5.41) is 29.1. The SMILES string of the molecule is COCCN(C(C)=NC#N)C1c2cc(C#N)ccc2OC(C)(C)C1O. The number of fused-ring (bicyclic) bond motifs is 1. The summed E-state index contributed by atoms with van der Waals surface area (Å²) in [4.78, 5) is 5.65. The van der Waals surface area contributed by atoms with Gasteiger partial charge in [-0.1, -0.05) is 0 Å². The lowest BCUT2D eigenvalue weighted by atomic mass is 9.85. The van der Waals surface area contributed by atoms with Crippen LogP contribution in [0.3, 0.4) is 0 Å². The van der Waals surface area contributed by atoms with Gasteiger partial charge in [-0.05, 0) is 39.0 Å². The summed E-state index contributed by atoms with van der Waals surface area (Å²) >= 11 is 0. The molecule has 0 spiro atoms. The van der Waals surface area contributed by atoms with E-state index in [1.54, 1.807) is 52.3 Å². The Bertz CT molecular complexity index is 746. The fourth-order valence-corrected chi connectivity index (χ4v) is 3.00. The van der Waals surface area contributed by atoms with Gasteiger partial charge >= 0.3 is 0 Å². The lowest BCUT2D eigenvalue weighted by molar-refractivity contribution is -0.0832. The number of aliphatic hydroxyl groups is 1. The van der Waals surface area contributed by atoms with Crippen LogP contribution < -0.4 is 4.74 Å². The summed E-state index contributed by atoms with van der Waals surface area (Å²) < 4.78 is 11.1. The van der Waals surface area contributed by atoms with E-state index in [0.29, 0.717) is 35.9 Å². The lowest BCUT2D eigenvalue weighted by Gasteiger charge is -2.46. The second-order valence-electron chi connectivity index (χ2n) is 6.40. The summed E-state index contributed by atoms with van der Waals surface area (Å²) in [6.45, 7) is 6.15. The topological polar surface area (TPSA) is 102 Å². The van der Waals surface area contributed by atoms with Crippen molar-refractivity contribution in [2.75, 3.05) is 20.3 Å². The Labute approximate surface area is 147 Å². The first-order valence-electron chi connectivity index (χ1n) is 7.95. The number of aliphatic imine (C=N–C) groups is 1. The Morgan fingerprint density at radius 3 is 2.76 bits per heavy atom.